The zero-order chi connectivity index (χ0) is 10.6. The van der Waals surface area contributed by atoms with E-state index in [4.69, 9.17) is 10.8 Å². The second-order valence-corrected chi connectivity index (χ2v) is 4.65. The van der Waals surface area contributed by atoms with Crippen molar-refractivity contribution in [2.45, 2.75) is 45.4 Å². The molecule has 1 aliphatic rings. The molecule has 0 amide bonds. The quantitative estimate of drug-likeness (QED) is 0.728. The van der Waals surface area contributed by atoms with Crippen LogP contribution in [-0.2, 0) is 4.79 Å². The first kappa shape index (κ1) is 11.5. The largest absolute Gasteiger partial charge is 0.481 e. The lowest BCUT2D eigenvalue weighted by Gasteiger charge is -2.39. The predicted octanol–water partition coefficient (Wildman–Crippen LogP) is 2.01. The molecule has 2 atom stereocenters. The van der Waals surface area contributed by atoms with Crippen LogP contribution >= 0.6 is 0 Å². The Morgan fingerprint density at radius 2 is 2.36 bits per heavy atom. The van der Waals surface area contributed by atoms with Crippen LogP contribution in [-0.4, -0.2) is 17.6 Å². The Balaban J connectivity index is 2.62. The summed E-state index contributed by atoms with van der Waals surface area (Å²) in [5.41, 5.74) is 5.63. The van der Waals surface area contributed by atoms with Gasteiger partial charge in [-0.2, -0.15) is 0 Å². The summed E-state index contributed by atoms with van der Waals surface area (Å²) in [5, 5.41) is 8.87. The summed E-state index contributed by atoms with van der Waals surface area (Å²) in [5.74, 6) is -0.0150. The van der Waals surface area contributed by atoms with Crippen LogP contribution in [0.4, 0.5) is 0 Å². The molecule has 0 heterocycles. The molecule has 3 heteroatoms. The van der Waals surface area contributed by atoms with Crippen molar-refractivity contribution in [3.63, 3.8) is 0 Å². The van der Waals surface area contributed by atoms with Crippen LogP contribution in [0.5, 0.6) is 0 Å². The highest BCUT2D eigenvalue weighted by Crippen LogP contribution is 2.42. The topological polar surface area (TPSA) is 63.3 Å². The number of carboxylic acid groups (broad SMARTS) is 1. The molecule has 3 nitrogen and oxygen atoms in total. The molecule has 0 aromatic heterocycles. The zero-order valence-corrected chi connectivity index (χ0v) is 8.96. The molecule has 82 valence electrons. The van der Waals surface area contributed by atoms with Gasteiger partial charge in [0.2, 0.25) is 0 Å². The van der Waals surface area contributed by atoms with Crippen molar-refractivity contribution in [2.75, 3.05) is 6.54 Å². The van der Waals surface area contributed by atoms with Crippen molar-refractivity contribution in [1.29, 1.82) is 0 Å². The minimum absolute atomic E-state index is 0.106. The van der Waals surface area contributed by atoms with Crippen LogP contribution < -0.4 is 5.73 Å². The lowest BCUT2D eigenvalue weighted by molar-refractivity contribution is -0.140. The van der Waals surface area contributed by atoms with Gasteiger partial charge in [0.1, 0.15) is 0 Å². The van der Waals surface area contributed by atoms with Gasteiger partial charge in [-0.1, -0.05) is 26.2 Å². The third-order valence-corrected chi connectivity index (χ3v) is 3.58. The third kappa shape index (κ3) is 2.71. The maximum atomic E-state index is 10.8. The zero-order valence-electron chi connectivity index (χ0n) is 8.96. The van der Waals surface area contributed by atoms with Crippen molar-refractivity contribution in [2.24, 2.45) is 17.1 Å². The number of rotatable bonds is 4. The summed E-state index contributed by atoms with van der Waals surface area (Å²) in [6.07, 6.45) is 5.79. The molecule has 3 N–H and O–H groups in total. The van der Waals surface area contributed by atoms with Crippen molar-refractivity contribution in [1.82, 2.24) is 0 Å². The second-order valence-electron chi connectivity index (χ2n) is 4.65. The monoisotopic (exact) mass is 199 g/mol. The fourth-order valence-corrected chi connectivity index (χ4v) is 2.67. The van der Waals surface area contributed by atoms with Crippen molar-refractivity contribution in [3.05, 3.63) is 0 Å². The summed E-state index contributed by atoms with van der Waals surface area (Å²) in [6.45, 7) is 2.70. The van der Waals surface area contributed by atoms with E-state index in [1.54, 1.807) is 0 Å². The van der Waals surface area contributed by atoms with E-state index in [1.807, 2.05) is 0 Å². The second kappa shape index (κ2) is 4.78. The van der Waals surface area contributed by atoms with E-state index in [9.17, 15) is 4.79 Å². The first-order valence-corrected chi connectivity index (χ1v) is 5.54. The van der Waals surface area contributed by atoms with Crippen LogP contribution in [0.25, 0.3) is 0 Å². The molecule has 0 spiro atoms. The Bertz CT molecular complexity index is 205. The van der Waals surface area contributed by atoms with Gasteiger partial charge in [0.05, 0.1) is 6.42 Å². The van der Waals surface area contributed by atoms with Crippen LogP contribution in [0.15, 0.2) is 0 Å². The number of hydrogen-bond donors (Lipinski definition) is 2. The highest BCUT2D eigenvalue weighted by molar-refractivity contribution is 5.67. The molecule has 0 saturated heterocycles. The number of nitrogens with two attached hydrogens (primary N) is 1. The molecule has 1 saturated carbocycles. The lowest BCUT2D eigenvalue weighted by Crippen LogP contribution is -2.37. The summed E-state index contributed by atoms with van der Waals surface area (Å²) >= 11 is 0. The van der Waals surface area contributed by atoms with Crippen molar-refractivity contribution >= 4 is 5.97 Å². The SMILES string of the molecule is CC[C@@H]1CCC[C@](CN)(CC(=O)O)C1. The first-order chi connectivity index (χ1) is 6.62. The molecular formula is C11H21NO2. The van der Waals surface area contributed by atoms with Gasteiger partial charge >= 0.3 is 5.97 Å². The Morgan fingerprint density at radius 3 is 2.86 bits per heavy atom. The van der Waals surface area contributed by atoms with Crippen LogP contribution in [0.2, 0.25) is 0 Å². The summed E-state index contributed by atoms with van der Waals surface area (Å²) in [7, 11) is 0. The van der Waals surface area contributed by atoms with Gasteiger partial charge in [-0.05, 0) is 30.7 Å². The molecule has 14 heavy (non-hydrogen) atoms. The van der Waals surface area contributed by atoms with Gasteiger partial charge in [-0.3, -0.25) is 4.79 Å². The minimum atomic E-state index is -0.702. The van der Waals surface area contributed by atoms with E-state index in [1.165, 1.54) is 6.42 Å². The Morgan fingerprint density at radius 1 is 1.64 bits per heavy atom. The Labute approximate surface area is 85.7 Å². The van der Waals surface area contributed by atoms with E-state index in [-0.39, 0.29) is 11.8 Å². The highest BCUT2D eigenvalue weighted by atomic mass is 16.4. The van der Waals surface area contributed by atoms with E-state index in [2.05, 4.69) is 6.92 Å². The molecule has 0 radical (unpaired) electrons. The smallest absolute Gasteiger partial charge is 0.303 e. The molecule has 0 aromatic carbocycles. The molecular weight excluding hydrogens is 178 g/mol. The molecule has 0 aromatic rings. The number of carboxylic acids is 1. The summed E-state index contributed by atoms with van der Waals surface area (Å²) < 4.78 is 0. The van der Waals surface area contributed by atoms with Gasteiger partial charge in [0.15, 0.2) is 0 Å². The van der Waals surface area contributed by atoms with E-state index >= 15 is 0 Å². The van der Waals surface area contributed by atoms with Crippen molar-refractivity contribution < 1.29 is 9.90 Å². The molecule has 1 rings (SSSR count). The third-order valence-electron chi connectivity index (χ3n) is 3.58. The summed E-state index contributed by atoms with van der Waals surface area (Å²) in [4.78, 5) is 10.8. The Kier molecular flexibility index (Phi) is 3.93. The Hall–Kier alpha value is -0.570. The van der Waals surface area contributed by atoms with E-state index < -0.39 is 5.97 Å². The molecule has 1 fully saturated rings. The van der Waals surface area contributed by atoms with Crippen LogP contribution in [0.3, 0.4) is 0 Å². The normalized spacial score (nSPS) is 32.9. The molecule has 1 aliphatic carbocycles. The van der Waals surface area contributed by atoms with Gasteiger partial charge in [0.25, 0.3) is 0 Å². The number of aliphatic carboxylic acids is 1. The van der Waals surface area contributed by atoms with E-state index in [0.717, 1.165) is 25.7 Å². The fraction of sp³-hybridized carbons (Fsp3) is 0.909. The molecule has 0 aliphatic heterocycles. The number of hydrogen-bond acceptors (Lipinski definition) is 2. The number of carbonyl (C=O) groups is 1. The van der Waals surface area contributed by atoms with Gasteiger partial charge in [-0.25, -0.2) is 0 Å². The fourth-order valence-electron chi connectivity index (χ4n) is 2.67. The first-order valence-electron chi connectivity index (χ1n) is 5.54. The minimum Gasteiger partial charge on any atom is -0.481 e. The van der Waals surface area contributed by atoms with E-state index in [0.29, 0.717) is 12.5 Å². The van der Waals surface area contributed by atoms with Crippen LogP contribution in [0.1, 0.15) is 45.4 Å². The van der Waals surface area contributed by atoms with Gasteiger partial charge < -0.3 is 10.8 Å². The average Bonchev–Trinajstić information content (AvgIpc) is 2.17. The van der Waals surface area contributed by atoms with Crippen LogP contribution in [0, 0.1) is 11.3 Å². The lowest BCUT2D eigenvalue weighted by atomic mass is 9.67. The van der Waals surface area contributed by atoms with Gasteiger partial charge in [0, 0.05) is 0 Å². The van der Waals surface area contributed by atoms with Gasteiger partial charge in [-0.15, -0.1) is 0 Å². The summed E-state index contributed by atoms with van der Waals surface area (Å²) in [6, 6.07) is 0. The maximum Gasteiger partial charge on any atom is 0.303 e. The molecule has 0 bridgehead atoms. The standard InChI is InChI=1S/C11H21NO2/c1-2-9-4-3-5-11(6-9,8-12)7-10(13)14/h9H,2-8,12H2,1H3,(H,13,14)/t9-,11-/m1/s1. The maximum absolute atomic E-state index is 10.8. The highest BCUT2D eigenvalue weighted by Gasteiger charge is 2.36. The average molecular weight is 199 g/mol. The molecule has 0 unspecified atom stereocenters. The van der Waals surface area contributed by atoms with Crippen molar-refractivity contribution in [3.8, 4) is 0 Å². The predicted molar refractivity (Wildman–Crippen MR) is 56.0 cm³/mol.